The molecule has 0 amide bonds. The van der Waals surface area contributed by atoms with Crippen LogP contribution >= 0.6 is 0 Å². The summed E-state index contributed by atoms with van der Waals surface area (Å²) in [5.41, 5.74) is 0. The highest BCUT2D eigenvalue weighted by Crippen LogP contribution is 2.11. The van der Waals surface area contributed by atoms with Crippen molar-refractivity contribution in [2.45, 2.75) is 0 Å². The van der Waals surface area contributed by atoms with E-state index in [9.17, 15) is 5.21 Å². The molecule has 0 atom stereocenters. The van der Waals surface area contributed by atoms with E-state index in [4.69, 9.17) is 0 Å². The van der Waals surface area contributed by atoms with Gasteiger partial charge in [0.25, 0.3) is 0 Å². The molecule has 2 rings (SSSR count). The Bertz CT molecular complexity index is 455. The molecule has 0 spiro atoms. The number of rotatable bonds is 2. The van der Waals surface area contributed by atoms with Crippen LogP contribution in [0.2, 0.25) is 0 Å². The lowest BCUT2D eigenvalue weighted by Gasteiger charge is -2.00. The van der Waals surface area contributed by atoms with Crippen LogP contribution in [0.3, 0.4) is 0 Å². The molecule has 0 saturated heterocycles. The van der Waals surface area contributed by atoms with Gasteiger partial charge in [-0.2, -0.15) is 0 Å². The van der Waals surface area contributed by atoms with Crippen LogP contribution in [0, 0.1) is 5.21 Å². The second kappa shape index (κ2) is 4.28. The first-order chi connectivity index (χ1) is 7.36. The molecule has 0 N–H and O–H groups in total. The van der Waals surface area contributed by atoms with Gasteiger partial charge in [0.05, 0.1) is 0 Å². The van der Waals surface area contributed by atoms with Crippen molar-refractivity contribution in [2.75, 3.05) is 0 Å². The van der Waals surface area contributed by atoms with Crippen molar-refractivity contribution in [3.63, 3.8) is 0 Å². The predicted octanol–water partition coefficient (Wildman–Crippen LogP) is 2.40. The fraction of sp³-hybridized carbons (Fsp3) is 0. The van der Waals surface area contributed by atoms with Crippen molar-refractivity contribution < 1.29 is 4.86 Å². The molecule has 5 heteroatoms. The molecule has 2 aromatic rings. The SMILES string of the molecule is [O-]/[N+](=N/c1ccccn1)c1ccccn1. The molecule has 0 saturated carbocycles. The van der Waals surface area contributed by atoms with Crippen LogP contribution in [0.4, 0.5) is 11.6 Å². The van der Waals surface area contributed by atoms with Crippen molar-refractivity contribution in [2.24, 2.45) is 5.11 Å². The molecule has 0 fully saturated rings. The Kier molecular flexibility index (Phi) is 2.64. The Hall–Kier alpha value is -2.30. The zero-order valence-electron chi connectivity index (χ0n) is 7.82. The second-order valence-electron chi connectivity index (χ2n) is 2.75. The van der Waals surface area contributed by atoms with Crippen LogP contribution in [0.15, 0.2) is 53.9 Å². The average molecular weight is 200 g/mol. The Morgan fingerprint density at radius 2 is 1.73 bits per heavy atom. The first-order valence-electron chi connectivity index (χ1n) is 4.37. The van der Waals surface area contributed by atoms with E-state index in [0.29, 0.717) is 10.7 Å². The maximum Gasteiger partial charge on any atom is 0.346 e. The maximum atomic E-state index is 11.5. The first kappa shape index (κ1) is 9.26. The summed E-state index contributed by atoms with van der Waals surface area (Å²) in [7, 11) is 0. The summed E-state index contributed by atoms with van der Waals surface area (Å²) in [4.78, 5) is 8.22. The minimum atomic E-state index is 0.239. The number of hydrogen-bond donors (Lipinski definition) is 0. The Morgan fingerprint density at radius 1 is 1.00 bits per heavy atom. The summed E-state index contributed by atoms with van der Waals surface area (Å²) in [6.45, 7) is 0. The minimum absolute atomic E-state index is 0.239. The normalized spacial score (nSPS) is 11.3. The summed E-state index contributed by atoms with van der Waals surface area (Å²) in [6.07, 6.45) is 3.11. The molecule has 0 radical (unpaired) electrons. The number of hydrogen-bond acceptors (Lipinski definition) is 4. The quantitative estimate of drug-likeness (QED) is 0.424. The van der Waals surface area contributed by atoms with Crippen LogP contribution in [0.25, 0.3) is 0 Å². The van der Waals surface area contributed by atoms with Crippen LogP contribution in [0.5, 0.6) is 0 Å². The Balaban J connectivity index is 2.29. The van der Waals surface area contributed by atoms with E-state index in [2.05, 4.69) is 15.1 Å². The summed E-state index contributed by atoms with van der Waals surface area (Å²) in [6, 6.07) is 10.2. The lowest BCUT2D eigenvalue weighted by molar-refractivity contribution is -0.440. The van der Waals surface area contributed by atoms with E-state index in [1.54, 1.807) is 42.6 Å². The third-order valence-corrected chi connectivity index (χ3v) is 1.69. The van der Waals surface area contributed by atoms with E-state index in [0.717, 1.165) is 0 Å². The summed E-state index contributed by atoms with van der Waals surface area (Å²) in [5.74, 6) is 0.598. The summed E-state index contributed by atoms with van der Waals surface area (Å²) >= 11 is 0. The second-order valence-corrected chi connectivity index (χ2v) is 2.75. The Labute approximate surface area is 86.3 Å². The average Bonchev–Trinajstić information content (AvgIpc) is 2.31. The van der Waals surface area contributed by atoms with Gasteiger partial charge in [-0.15, -0.1) is 4.86 Å². The van der Waals surface area contributed by atoms with E-state index in [1.807, 2.05) is 0 Å². The largest absolute Gasteiger partial charge is 0.690 e. The molecule has 5 nitrogen and oxygen atoms in total. The monoisotopic (exact) mass is 200 g/mol. The van der Waals surface area contributed by atoms with Crippen LogP contribution in [0.1, 0.15) is 0 Å². The Morgan fingerprint density at radius 3 is 2.33 bits per heavy atom. The van der Waals surface area contributed by atoms with E-state index in [1.165, 1.54) is 6.20 Å². The van der Waals surface area contributed by atoms with E-state index in [-0.39, 0.29) is 5.82 Å². The molecule has 74 valence electrons. The van der Waals surface area contributed by atoms with Crippen LogP contribution < -0.4 is 0 Å². The van der Waals surface area contributed by atoms with Gasteiger partial charge < -0.3 is 5.21 Å². The highest BCUT2D eigenvalue weighted by molar-refractivity contribution is 5.24. The van der Waals surface area contributed by atoms with Gasteiger partial charge in [-0.25, -0.2) is 4.98 Å². The number of azo groups is 1. The third kappa shape index (κ3) is 2.34. The van der Waals surface area contributed by atoms with Gasteiger partial charge >= 0.3 is 5.82 Å². The summed E-state index contributed by atoms with van der Waals surface area (Å²) < 4.78 is 0. The van der Waals surface area contributed by atoms with Crippen molar-refractivity contribution in [1.29, 1.82) is 0 Å². The van der Waals surface area contributed by atoms with Gasteiger partial charge in [-0.3, -0.25) is 0 Å². The molecule has 0 aliphatic heterocycles. The molecule has 0 bridgehead atoms. The van der Waals surface area contributed by atoms with Crippen molar-refractivity contribution in [3.05, 3.63) is 54.0 Å². The third-order valence-electron chi connectivity index (χ3n) is 1.69. The molecule has 0 aliphatic rings. The maximum absolute atomic E-state index is 11.5. The number of pyridine rings is 2. The van der Waals surface area contributed by atoms with Gasteiger partial charge in [0.1, 0.15) is 6.20 Å². The van der Waals surface area contributed by atoms with Gasteiger partial charge in [0.2, 0.25) is 0 Å². The standard InChI is InChI=1S/C10H8N4O/c15-14(10-6-2-4-8-12-10)13-9-5-1-3-7-11-9/h1-8H/b14-13+. The van der Waals surface area contributed by atoms with Crippen LogP contribution in [-0.4, -0.2) is 14.8 Å². The predicted molar refractivity (Wildman–Crippen MR) is 53.8 cm³/mol. The topological polar surface area (TPSA) is 64.2 Å². The molecule has 2 heterocycles. The molecular weight excluding hydrogens is 192 g/mol. The molecule has 0 aliphatic carbocycles. The fourth-order valence-corrected chi connectivity index (χ4v) is 1.02. The molecular formula is C10H8N4O. The highest BCUT2D eigenvalue weighted by atomic mass is 16.5. The number of nitrogens with zero attached hydrogens (tertiary/aromatic N) is 4. The number of aromatic nitrogens is 2. The zero-order chi connectivity index (χ0) is 10.5. The highest BCUT2D eigenvalue weighted by Gasteiger charge is 2.02. The van der Waals surface area contributed by atoms with Crippen molar-refractivity contribution >= 4 is 11.6 Å². The van der Waals surface area contributed by atoms with Crippen molar-refractivity contribution in [1.82, 2.24) is 9.97 Å². The van der Waals surface area contributed by atoms with Crippen molar-refractivity contribution in [3.8, 4) is 0 Å². The van der Waals surface area contributed by atoms with Gasteiger partial charge in [-0.05, 0) is 23.2 Å². The minimum Gasteiger partial charge on any atom is -0.690 e. The molecule has 0 aromatic carbocycles. The smallest absolute Gasteiger partial charge is 0.346 e. The zero-order valence-corrected chi connectivity index (χ0v) is 7.82. The van der Waals surface area contributed by atoms with Gasteiger partial charge in [0.15, 0.2) is 5.82 Å². The first-order valence-corrected chi connectivity index (χ1v) is 4.37. The molecule has 15 heavy (non-hydrogen) atoms. The van der Waals surface area contributed by atoms with E-state index >= 15 is 0 Å². The lowest BCUT2D eigenvalue weighted by Crippen LogP contribution is -1.92. The van der Waals surface area contributed by atoms with Gasteiger partial charge in [-0.1, -0.05) is 17.2 Å². The molecule has 0 unspecified atom stereocenters. The fourth-order valence-electron chi connectivity index (χ4n) is 1.02. The van der Waals surface area contributed by atoms with Crippen LogP contribution in [-0.2, 0) is 0 Å². The van der Waals surface area contributed by atoms with Gasteiger partial charge in [0, 0.05) is 12.3 Å². The molecule has 2 aromatic heterocycles. The van der Waals surface area contributed by atoms with E-state index < -0.39 is 0 Å². The lowest BCUT2D eigenvalue weighted by atomic mass is 10.5. The summed E-state index contributed by atoms with van der Waals surface area (Å²) in [5, 5.41) is 15.2.